The van der Waals surface area contributed by atoms with Crippen LogP contribution in [0.4, 0.5) is 0 Å². The van der Waals surface area contributed by atoms with Crippen LogP contribution in [-0.2, 0) is 20.8 Å². The number of morpholine rings is 1. The maximum absolute atomic E-state index is 12.4. The van der Waals surface area contributed by atoms with Crippen molar-refractivity contribution in [1.29, 1.82) is 0 Å². The second-order valence-corrected chi connectivity index (χ2v) is 5.97. The van der Waals surface area contributed by atoms with E-state index in [1.807, 2.05) is 12.1 Å². The van der Waals surface area contributed by atoms with E-state index >= 15 is 0 Å². The number of methoxy groups -OCH3 is 1. The number of carbonyl (C=O) groups is 1. The third kappa shape index (κ3) is 3.63. The lowest BCUT2D eigenvalue weighted by molar-refractivity contribution is -0.128. The number of likely N-dealkylation sites (tertiary alicyclic amines) is 1. The summed E-state index contributed by atoms with van der Waals surface area (Å²) in [5, 5.41) is 3.01. The molecular formula is C16H23N3O3. The Morgan fingerprint density at radius 1 is 1.55 bits per heavy atom. The van der Waals surface area contributed by atoms with Gasteiger partial charge in [-0.05, 0) is 18.1 Å². The first-order valence-electron chi connectivity index (χ1n) is 7.79. The molecule has 1 aromatic rings. The smallest absolute Gasteiger partial charge is 0.226 e. The molecule has 6 heteroatoms. The van der Waals surface area contributed by atoms with Crippen molar-refractivity contribution < 1.29 is 14.3 Å². The average molecular weight is 305 g/mol. The van der Waals surface area contributed by atoms with Crippen molar-refractivity contribution >= 4 is 5.91 Å². The van der Waals surface area contributed by atoms with E-state index in [0.717, 1.165) is 38.2 Å². The molecule has 0 spiro atoms. The summed E-state index contributed by atoms with van der Waals surface area (Å²) in [6.45, 7) is 3.85. The van der Waals surface area contributed by atoms with Crippen LogP contribution in [0.3, 0.4) is 0 Å². The first-order chi connectivity index (χ1) is 10.8. The lowest BCUT2D eigenvalue weighted by atomic mass is 9.99. The van der Waals surface area contributed by atoms with E-state index in [1.165, 1.54) is 0 Å². The summed E-state index contributed by atoms with van der Waals surface area (Å²) >= 11 is 0. The number of nitrogens with one attached hydrogen (secondary N) is 1. The SMILES string of the molecule is COCCN1CC2CC(C(=O)NCc3cccnc3)C(C1)O2. The molecule has 22 heavy (non-hydrogen) atoms. The molecule has 0 aliphatic carbocycles. The van der Waals surface area contributed by atoms with Gasteiger partial charge in [-0.3, -0.25) is 14.7 Å². The number of amides is 1. The zero-order valence-corrected chi connectivity index (χ0v) is 12.9. The summed E-state index contributed by atoms with van der Waals surface area (Å²) in [5.41, 5.74) is 1.01. The molecule has 120 valence electrons. The summed E-state index contributed by atoms with van der Waals surface area (Å²) < 4.78 is 11.1. The molecule has 0 saturated carbocycles. The quantitative estimate of drug-likeness (QED) is 0.826. The molecule has 3 rings (SSSR count). The fourth-order valence-corrected chi connectivity index (χ4v) is 3.24. The Morgan fingerprint density at radius 3 is 3.23 bits per heavy atom. The second kappa shape index (κ2) is 7.17. The molecule has 0 aromatic carbocycles. The third-order valence-electron chi connectivity index (χ3n) is 4.37. The molecule has 1 aromatic heterocycles. The Hall–Kier alpha value is -1.50. The first-order valence-corrected chi connectivity index (χ1v) is 7.79. The van der Waals surface area contributed by atoms with Crippen LogP contribution in [0.25, 0.3) is 0 Å². The van der Waals surface area contributed by atoms with E-state index in [0.29, 0.717) is 6.54 Å². The summed E-state index contributed by atoms with van der Waals surface area (Å²) in [5.74, 6) is 0.0409. The fourth-order valence-electron chi connectivity index (χ4n) is 3.24. The number of hydrogen-bond acceptors (Lipinski definition) is 5. The summed E-state index contributed by atoms with van der Waals surface area (Å²) in [6, 6.07) is 3.84. The average Bonchev–Trinajstić information content (AvgIpc) is 2.86. The Bertz CT molecular complexity index is 497. The molecule has 3 unspecified atom stereocenters. The number of nitrogens with zero attached hydrogens (tertiary/aromatic N) is 2. The molecule has 2 fully saturated rings. The molecule has 3 heterocycles. The highest BCUT2D eigenvalue weighted by Crippen LogP contribution is 2.32. The summed E-state index contributed by atoms with van der Waals surface area (Å²) in [7, 11) is 1.71. The normalized spacial score (nSPS) is 27.8. The number of ether oxygens (including phenoxy) is 2. The van der Waals surface area contributed by atoms with E-state index in [2.05, 4.69) is 15.2 Å². The van der Waals surface area contributed by atoms with E-state index in [4.69, 9.17) is 9.47 Å². The van der Waals surface area contributed by atoms with Gasteiger partial charge in [0.25, 0.3) is 0 Å². The molecular weight excluding hydrogens is 282 g/mol. The van der Waals surface area contributed by atoms with E-state index in [1.54, 1.807) is 19.5 Å². The van der Waals surface area contributed by atoms with Crippen molar-refractivity contribution in [3.63, 3.8) is 0 Å². The van der Waals surface area contributed by atoms with Crippen LogP contribution in [-0.4, -0.2) is 61.3 Å². The molecule has 2 saturated heterocycles. The van der Waals surface area contributed by atoms with Gasteiger partial charge in [0.15, 0.2) is 0 Å². The molecule has 2 bridgehead atoms. The standard InChI is InChI=1S/C16H23N3O3/c1-21-6-5-19-10-13-7-14(15(11-19)22-13)16(20)18-9-12-3-2-4-17-8-12/h2-4,8,13-15H,5-7,9-11H2,1H3,(H,18,20). The van der Waals surface area contributed by atoms with Gasteiger partial charge in [0.05, 0.1) is 24.7 Å². The zero-order chi connectivity index (χ0) is 15.4. The number of aromatic nitrogens is 1. The molecule has 0 radical (unpaired) electrons. The highest BCUT2D eigenvalue weighted by molar-refractivity contribution is 5.79. The van der Waals surface area contributed by atoms with E-state index < -0.39 is 0 Å². The summed E-state index contributed by atoms with van der Waals surface area (Å²) in [6.07, 6.45) is 4.49. The van der Waals surface area contributed by atoms with Gasteiger partial charge in [-0.15, -0.1) is 0 Å². The topological polar surface area (TPSA) is 63.7 Å². The predicted octanol–water partition coefficient (Wildman–Crippen LogP) is 0.434. The van der Waals surface area contributed by atoms with Crippen LogP contribution in [0.1, 0.15) is 12.0 Å². The minimum Gasteiger partial charge on any atom is -0.383 e. The number of carbonyl (C=O) groups excluding carboxylic acids is 1. The fraction of sp³-hybridized carbons (Fsp3) is 0.625. The van der Waals surface area contributed by atoms with Crippen molar-refractivity contribution in [2.24, 2.45) is 5.92 Å². The van der Waals surface area contributed by atoms with Crippen molar-refractivity contribution in [2.75, 3.05) is 33.4 Å². The van der Waals surface area contributed by atoms with E-state index in [-0.39, 0.29) is 24.0 Å². The van der Waals surface area contributed by atoms with Crippen LogP contribution in [0.5, 0.6) is 0 Å². The lowest BCUT2D eigenvalue weighted by Crippen LogP contribution is -2.46. The molecule has 2 aliphatic heterocycles. The van der Waals surface area contributed by atoms with Crippen molar-refractivity contribution in [3.05, 3.63) is 30.1 Å². The van der Waals surface area contributed by atoms with Crippen LogP contribution in [0.2, 0.25) is 0 Å². The minimum atomic E-state index is -0.0470. The minimum absolute atomic E-state index is 0.00417. The van der Waals surface area contributed by atoms with Gasteiger partial charge >= 0.3 is 0 Å². The Labute approximate surface area is 130 Å². The maximum Gasteiger partial charge on any atom is 0.226 e. The van der Waals surface area contributed by atoms with Crippen molar-refractivity contribution in [3.8, 4) is 0 Å². The van der Waals surface area contributed by atoms with Gasteiger partial charge < -0.3 is 14.8 Å². The first kappa shape index (κ1) is 15.4. The second-order valence-electron chi connectivity index (χ2n) is 5.97. The Kier molecular flexibility index (Phi) is 5.02. The largest absolute Gasteiger partial charge is 0.383 e. The van der Waals surface area contributed by atoms with Crippen LogP contribution >= 0.6 is 0 Å². The molecule has 6 nitrogen and oxygen atoms in total. The van der Waals surface area contributed by atoms with Gasteiger partial charge in [-0.1, -0.05) is 6.07 Å². The van der Waals surface area contributed by atoms with Gasteiger partial charge in [0.2, 0.25) is 5.91 Å². The highest BCUT2D eigenvalue weighted by atomic mass is 16.5. The van der Waals surface area contributed by atoms with Gasteiger partial charge in [0.1, 0.15) is 0 Å². The third-order valence-corrected chi connectivity index (χ3v) is 4.37. The number of pyridine rings is 1. The summed E-state index contributed by atoms with van der Waals surface area (Å²) in [4.78, 5) is 18.8. The van der Waals surface area contributed by atoms with Gasteiger partial charge in [0, 0.05) is 45.7 Å². The monoisotopic (exact) mass is 305 g/mol. The van der Waals surface area contributed by atoms with Gasteiger partial charge in [-0.25, -0.2) is 0 Å². The highest BCUT2D eigenvalue weighted by Gasteiger charge is 2.44. The van der Waals surface area contributed by atoms with Crippen LogP contribution in [0, 0.1) is 5.92 Å². The number of rotatable bonds is 6. The van der Waals surface area contributed by atoms with Gasteiger partial charge in [-0.2, -0.15) is 0 Å². The number of hydrogen-bond donors (Lipinski definition) is 1. The molecule has 1 amide bonds. The predicted molar refractivity (Wildman–Crippen MR) is 81.2 cm³/mol. The zero-order valence-electron chi connectivity index (χ0n) is 12.9. The lowest BCUT2D eigenvalue weighted by Gasteiger charge is -2.32. The van der Waals surface area contributed by atoms with Crippen LogP contribution < -0.4 is 5.32 Å². The molecule has 3 atom stereocenters. The van der Waals surface area contributed by atoms with Crippen molar-refractivity contribution in [2.45, 2.75) is 25.2 Å². The molecule has 1 N–H and O–H groups in total. The maximum atomic E-state index is 12.4. The van der Waals surface area contributed by atoms with Crippen molar-refractivity contribution in [1.82, 2.24) is 15.2 Å². The van der Waals surface area contributed by atoms with E-state index in [9.17, 15) is 4.79 Å². The Morgan fingerprint density at radius 2 is 2.45 bits per heavy atom. The molecule has 2 aliphatic rings. The Balaban J connectivity index is 1.51. The number of fused-ring (bicyclic) bond motifs is 2. The van der Waals surface area contributed by atoms with Crippen LogP contribution in [0.15, 0.2) is 24.5 Å².